The molecule has 110 valence electrons. The van der Waals surface area contributed by atoms with E-state index in [1.165, 1.54) is 5.56 Å². The molecule has 21 heavy (non-hydrogen) atoms. The second kappa shape index (κ2) is 5.66. The Balaban J connectivity index is 1.93. The van der Waals surface area contributed by atoms with E-state index in [1.807, 2.05) is 24.3 Å². The number of fused-ring (bicyclic) bond motifs is 1. The van der Waals surface area contributed by atoms with Gasteiger partial charge in [-0.25, -0.2) is 0 Å². The summed E-state index contributed by atoms with van der Waals surface area (Å²) < 4.78 is 10.9. The summed E-state index contributed by atoms with van der Waals surface area (Å²) in [6.45, 7) is 0.688. The fourth-order valence-electron chi connectivity index (χ4n) is 2.81. The van der Waals surface area contributed by atoms with Crippen molar-refractivity contribution in [2.24, 2.45) is 0 Å². The molecule has 0 amide bonds. The minimum atomic E-state index is 0.00875. The summed E-state index contributed by atoms with van der Waals surface area (Å²) in [5.41, 5.74) is 3.43. The van der Waals surface area contributed by atoms with Crippen LogP contribution in [0.15, 0.2) is 42.5 Å². The highest BCUT2D eigenvalue weighted by molar-refractivity contribution is 5.62. The molecular weight excluding hydrogens is 266 g/mol. The molecule has 4 heteroatoms. The Kier molecular flexibility index (Phi) is 3.71. The third kappa shape index (κ3) is 2.67. The van der Waals surface area contributed by atoms with Gasteiger partial charge in [0.2, 0.25) is 0 Å². The molecule has 0 saturated heterocycles. The minimum Gasteiger partial charge on any atom is -0.508 e. The molecule has 0 spiro atoms. The smallest absolute Gasteiger partial charge is 0.134 e. The number of rotatable bonds is 4. The molecule has 0 saturated carbocycles. The van der Waals surface area contributed by atoms with E-state index in [9.17, 15) is 5.11 Å². The Morgan fingerprint density at radius 1 is 1.19 bits per heavy atom. The van der Waals surface area contributed by atoms with Crippen LogP contribution in [0.3, 0.4) is 0 Å². The summed E-state index contributed by atoms with van der Waals surface area (Å²) in [6.07, 6.45) is 0.865. The summed E-state index contributed by atoms with van der Waals surface area (Å²) in [5, 5.41) is 9.62. The molecule has 0 aliphatic carbocycles. The maximum Gasteiger partial charge on any atom is 0.134 e. The highest BCUT2D eigenvalue weighted by Crippen LogP contribution is 2.36. The number of phenols is 1. The summed E-state index contributed by atoms with van der Waals surface area (Å²) in [6, 6.07) is 13.4. The van der Waals surface area contributed by atoms with Crippen LogP contribution < -0.4 is 9.64 Å². The molecule has 0 bridgehead atoms. The Morgan fingerprint density at radius 2 is 2.05 bits per heavy atom. The van der Waals surface area contributed by atoms with Gasteiger partial charge in [0.05, 0.1) is 7.11 Å². The van der Waals surface area contributed by atoms with Crippen LogP contribution in [0.2, 0.25) is 0 Å². The van der Waals surface area contributed by atoms with E-state index < -0.39 is 0 Å². The maximum absolute atomic E-state index is 9.62. The zero-order chi connectivity index (χ0) is 14.8. The normalized spacial score (nSPS) is 16.9. The van der Waals surface area contributed by atoms with Crippen molar-refractivity contribution < 1.29 is 14.6 Å². The van der Waals surface area contributed by atoms with E-state index >= 15 is 0 Å². The number of anilines is 1. The Labute approximate surface area is 124 Å². The van der Waals surface area contributed by atoms with E-state index in [1.54, 1.807) is 26.4 Å². The van der Waals surface area contributed by atoms with Crippen molar-refractivity contribution >= 4 is 5.69 Å². The Hall–Kier alpha value is -2.20. The molecule has 1 unspecified atom stereocenters. The first-order chi connectivity index (χ1) is 10.2. The molecular formula is C17H19NO3. The first-order valence-electron chi connectivity index (χ1n) is 6.95. The summed E-state index contributed by atoms with van der Waals surface area (Å²) >= 11 is 0. The summed E-state index contributed by atoms with van der Waals surface area (Å²) in [5.74, 6) is 1.12. The van der Waals surface area contributed by atoms with Crippen molar-refractivity contribution in [3.05, 3.63) is 53.6 Å². The molecule has 1 aliphatic rings. The van der Waals surface area contributed by atoms with Gasteiger partial charge in [-0.2, -0.15) is 0 Å². The number of ether oxygens (including phenoxy) is 2. The van der Waals surface area contributed by atoms with Gasteiger partial charge in [0, 0.05) is 31.8 Å². The van der Waals surface area contributed by atoms with Gasteiger partial charge < -0.3 is 19.5 Å². The number of hydrogen-bond donors (Lipinski definition) is 1. The lowest BCUT2D eigenvalue weighted by molar-refractivity contribution is 0.105. The largest absolute Gasteiger partial charge is 0.508 e. The van der Waals surface area contributed by atoms with Crippen molar-refractivity contribution in [2.45, 2.75) is 19.2 Å². The fourth-order valence-corrected chi connectivity index (χ4v) is 2.81. The van der Waals surface area contributed by atoms with Gasteiger partial charge in [-0.05, 0) is 29.3 Å². The minimum absolute atomic E-state index is 0.00875. The third-order valence-corrected chi connectivity index (χ3v) is 3.88. The molecule has 1 atom stereocenters. The highest BCUT2D eigenvalue weighted by atomic mass is 16.5. The van der Waals surface area contributed by atoms with Gasteiger partial charge >= 0.3 is 0 Å². The van der Waals surface area contributed by atoms with E-state index in [2.05, 4.69) is 11.0 Å². The number of aromatic hydroxyl groups is 1. The van der Waals surface area contributed by atoms with Gasteiger partial charge in [0.1, 0.15) is 17.7 Å². The molecule has 0 radical (unpaired) electrons. The van der Waals surface area contributed by atoms with Crippen LogP contribution >= 0.6 is 0 Å². The molecule has 0 aromatic heterocycles. The van der Waals surface area contributed by atoms with Crippen molar-refractivity contribution in [2.75, 3.05) is 19.1 Å². The summed E-state index contributed by atoms with van der Waals surface area (Å²) in [7, 11) is 3.40. The van der Waals surface area contributed by atoms with Crippen LogP contribution in [0, 0.1) is 0 Å². The van der Waals surface area contributed by atoms with Crippen molar-refractivity contribution in [3.63, 3.8) is 0 Å². The number of phenolic OH excluding ortho intramolecular Hbond substituents is 1. The topological polar surface area (TPSA) is 41.9 Å². The molecule has 0 fully saturated rings. The molecule has 1 aliphatic heterocycles. The van der Waals surface area contributed by atoms with E-state index in [4.69, 9.17) is 9.47 Å². The second-order valence-electron chi connectivity index (χ2n) is 5.19. The zero-order valence-corrected chi connectivity index (χ0v) is 12.2. The van der Waals surface area contributed by atoms with E-state index in [0.29, 0.717) is 6.54 Å². The molecule has 2 aromatic rings. The Bertz CT molecular complexity index is 642. The number of hydrogen-bond acceptors (Lipinski definition) is 4. The molecule has 2 aromatic carbocycles. The molecule has 4 nitrogen and oxygen atoms in total. The lowest BCUT2D eigenvalue weighted by Gasteiger charge is -2.26. The van der Waals surface area contributed by atoms with Gasteiger partial charge in [0.15, 0.2) is 0 Å². The first-order valence-corrected chi connectivity index (χ1v) is 6.95. The van der Waals surface area contributed by atoms with Crippen molar-refractivity contribution in [3.8, 4) is 11.5 Å². The van der Waals surface area contributed by atoms with Crippen LogP contribution in [0.4, 0.5) is 5.69 Å². The zero-order valence-electron chi connectivity index (χ0n) is 12.2. The van der Waals surface area contributed by atoms with Gasteiger partial charge in [-0.3, -0.25) is 0 Å². The third-order valence-electron chi connectivity index (χ3n) is 3.88. The Morgan fingerprint density at radius 3 is 2.76 bits per heavy atom. The van der Waals surface area contributed by atoms with Crippen molar-refractivity contribution in [1.29, 1.82) is 0 Å². The van der Waals surface area contributed by atoms with Crippen LogP contribution in [-0.2, 0) is 17.7 Å². The number of methoxy groups -OCH3 is 2. The standard InChI is InChI=1S/C17H19NO3/c1-20-15-7-6-13-9-17(21-2)18(16(13)10-15)11-12-4-3-5-14(19)8-12/h3-8,10,17,19H,9,11H2,1-2H3. The summed E-state index contributed by atoms with van der Waals surface area (Å²) in [4.78, 5) is 2.20. The number of benzene rings is 2. The SMILES string of the molecule is COc1ccc2c(c1)N(Cc1cccc(O)c1)C(OC)C2. The van der Waals surface area contributed by atoms with Crippen LogP contribution in [0.25, 0.3) is 0 Å². The van der Waals surface area contributed by atoms with Crippen LogP contribution in [0.5, 0.6) is 11.5 Å². The predicted octanol–water partition coefficient (Wildman–Crippen LogP) is 2.94. The predicted molar refractivity (Wildman–Crippen MR) is 81.8 cm³/mol. The molecule has 3 rings (SSSR count). The second-order valence-corrected chi connectivity index (χ2v) is 5.19. The fraction of sp³-hybridized carbons (Fsp3) is 0.294. The van der Waals surface area contributed by atoms with Crippen molar-refractivity contribution in [1.82, 2.24) is 0 Å². The van der Waals surface area contributed by atoms with Crippen LogP contribution in [-0.4, -0.2) is 25.6 Å². The quantitative estimate of drug-likeness (QED) is 0.938. The average molecular weight is 285 g/mol. The first kappa shape index (κ1) is 13.8. The van der Waals surface area contributed by atoms with E-state index in [-0.39, 0.29) is 12.0 Å². The monoisotopic (exact) mass is 285 g/mol. The maximum atomic E-state index is 9.62. The lowest BCUT2D eigenvalue weighted by atomic mass is 10.1. The molecule has 1 N–H and O–H groups in total. The number of nitrogens with zero attached hydrogens (tertiary/aromatic N) is 1. The van der Waals surface area contributed by atoms with Gasteiger partial charge in [-0.15, -0.1) is 0 Å². The van der Waals surface area contributed by atoms with Gasteiger partial charge in [-0.1, -0.05) is 18.2 Å². The van der Waals surface area contributed by atoms with Gasteiger partial charge in [0.25, 0.3) is 0 Å². The average Bonchev–Trinajstić information content (AvgIpc) is 2.84. The lowest BCUT2D eigenvalue weighted by Crippen LogP contribution is -2.32. The van der Waals surface area contributed by atoms with Crippen LogP contribution in [0.1, 0.15) is 11.1 Å². The van der Waals surface area contributed by atoms with E-state index in [0.717, 1.165) is 23.4 Å². The molecule has 1 heterocycles. The highest BCUT2D eigenvalue weighted by Gasteiger charge is 2.29.